The summed E-state index contributed by atoms with van der Waals surface area (Å²) in [5, 5.41) is 17.8. The summed E-state index contributed by atoms with van der Waals surface area (Å²) in [5.41, 5.74) is 1.32. The SMILES string of the molecule is CC(=O)O.COc1cc(OC(C)=O)ccc1-c1cc2ccc(O)cc2o1. The maximum atomic E-state index is 11.0. The van der Waals surface area contributed by atoms with Crippen LogP contribution in [0.5, 0.6) is 17.2 Å². The van der Waals surface area contributed by atoms with Crippen molar-refractivity contribution in [1.29, 1.82) is 0 Å². The number of hydrogen-bond acceptors (Lipinski definition) is 6. The number of carbonyl (C=O) groups is 2. The minimum Gasteiger partial charge on any atom is -0.508 e. The van der Waals surface area contributed by atoms with Gasteiger partial charge in [-0.25, -0.2) is 0 Å². The largest absolute Gasteiger partial charge is 0.508 e. The molecule has 0 unspecified atom stereocenters. The number of rotatable bonds is 3. The number of hydrogen-bond donors (Lipinski definition) is 2. The Bertz CT molecular complexity index is 936. The van der Waals surface area contributed by atoms with Gasteiger partial charge in [-0.3, -0.25) is 9.59 Å². The van der Waals surface area contributed by atoms with E-state index in [9.17, 15) is 9.90 Å². The molecule has 0 amide bonds. The Morgan fingerprint density at radius 2 is 1.73 bits per heavy atom. The fraction of sp³-hybridized carbons (Fsp3) is 0.158. The lowest BCUT2D eigenvalue weighted by Crippen LogP contribution is -2.01. The zero-order chi connectivity index (χ0) is 19.3. The van der Waals surface area contributed by atoms with Crippen molar-refractivity contribution in [2.24, 2.45) is 0 Å². The van der Waals surface area contributed by atoms with E-state index in [-0.39, 0.29) is 5.75 Å². The predicted molar refractivity (Wildman–Crippen MR) is 94.5 cm³/mol. The molecule has 0 saturated carbocycles. The van der Waals surface area contributed by atoms with Crippen molar-refractivity contribution in [1.82, 2.24) is 0 Å². The van der Waals surface area contributed by atoms with Gasteiger partial charge in [0.1, 0.15) is 28.6 Å². The lowest BCUT2D eigenvalue weighted by atomic mass is 10.1. The van der Waals surface area contributed by atoms with Crippen LogP contribution in [-0.4, -0.2) is 29.3 Å². The number of carboxylic acid groups (broad SMARTS) is 1. The Morgan fingerprint density at radius 3 is 2.35 bits per heavy atom. The molecule has 0 radical (unpaired) electrons. The van der Waals surface area contributed by atoms with E-state index >= 15 is 0 Å². The van der Waals surface area contributed by atoms with Gasteiger partial charge in [0.2, 0.25) is 0 Å². The van der Waals surface area contributed by atoms with Crippen LogP contribution in [0.15, 0.2) is 46.9 Å². The second kappa shape index (κ2) is 8.06. The normalized spacial score (nSPS) is 9.96. The van der Waals surface area contributed by atoms with Gasteiger partial charge in [0, 0.05) is 31.4 Å². The van der Waals surface area contributed by atoms with Gasteiger partial charge in [-0.2, -0.15) is 0 Å². The molecule has 0 aliphatic rings. The molecule has 26 heavy (non-hydrogen) atoms. The number of fused-ring (bicyclic) bond motifs is 1. The molecule has 0 saturated heterocycles. The van der Waals surface area contributed by atoms with Gasteiger partial charge >= 0.3 is 5.97 Å². The Hall–Kier alpha value is -3.48. The van der Waals surface area contributed by atoms with E-state index in [4.69, 9.17) is 23.8 Å². The van der Waals surface area contributed by atoms with Crippen molar-refractivity contribution < 1.29 is 33.7 Å². The number of phenolic OH excluding ortho intramolecular Hbond substituents is 1. The van der Waals surface area contributed by atoms with Crippen LogP contribution >= 0.6 is 0 Å². The summed E-state index contributed by atoms with van der Waals surface area (Å²) in [4.78, 5) is 20.0. The van der Waals surface area contributed by atoms with Crippen LogP contribution in [0.2, 0.25) is 0 Å². The zero-order valence-corrected chi connectivity index (χ0v) is 14.5. The van der Waals surface area contributed by atoms with E-state index in [0.29, 0.717) is 22.8 Å². The van der Waals surface area contributed by atoms with Crippen molar-refractivity contribution in [2.75, 3.05) is 7.11 Å². The Morgan fingerprint density at radius 1 is 1.04 bits per heavy atom. The van der Waals surface area contributed by atoms with E-state index in [1.165, 1.54) is 14.0 Å². The highest BCUT2D eigenvalue weighted by Gasteiger charge is 2.13. The second-order valence-electron chi connectivity index (χ2n) is 5.31. The van der Waals surface area contributed by atoms with Gasteiger partial charge in [-0.05, 0) is 30.3 Å². The first-order valence-electron chi connectivity index (χ1n) is 7.59. The van der Waals surface area contributed by atoms with E-state index in [1.807, 2.05) is 6.07 Å². The topological polar surface area (TPSA) is 106 Å². The highest BCUT2D eigenvalue weighted by Crippen LogP contribution is 2.37. The number of carbonyl (C=O) groups excluding carboxylic acids is 1. The van der Waals surface area contributed by atoms with E-state index in [0.717, 1.165) is 17.9 Å². The van der Waals surface area contributed by atoms with Crippen LogP contribution in [0, 0.1) is 0 Å². The number of aliphatic carboxylic acids is 1. The van der Waals surface area contributed by atoms with Crippen LogP contribution in [0.1, 0.15) is 13.8 Å². The van der Waals surface area contributed by atoms with Crippen molar-refractivity contribution in [2.45, 2.75) is 13.8 Å². The second-order valence-corrected chi connectivity index (χ2v) is 5.31. The molecule has 0 fully saturated rings. The molecule has 0 aliphatic heterocycles. The number of phenols is 1. The van der Waals surface area contributed by atoms with Gasteiger partial charge in [0.25, 0.3) is 5.97 Å². The van der Waals surface area contributed by atoms with Crippen LogP contribution in [0.3, 0.4) is 0 Å². The summed E-state index contributed by atoms with van der Waals surface area (Å²) in [6.07, 6.45) is 0. The molecular formula is C19H18O7. The first kappa shape index (κ1) is 18.9. The quantitative estimate of drug-likeness (QED) is 0.541. The summed E-state index contributed by atoms with van der Waals surface area (Å²) in [6.45, 7) is 2.42. The number of aromatic hydroxyl groups is 1. The molecule has 0 aliphatic carbocycles. The third-order valence-corrected chi connectivity index (χ3v) is 3.20. The third-order valence-electron chi connectivity index (χ3n) is 3.20. The highest BCUT2D eigenvalue weighted by molar-refractivity contribution is 5.85. The average molecular weight is 358 g/mol. The average Bonchev–Trinajstić information content (AvgIpc) is 2.96. The molecule has 0 atom stereocenters. The lowest BCUT2D eigenvalue weighted by molar-refractivity contribution is -0.134. The van der Waals surface area contributed by atoms with Crippen molar-refractivity contribution in [3.63, 3.8) is 0 Å². The van der Waals surface area contributed by atoms with E-state index < -0.39 is 11.9 Å². The maximum Gasteiger partial charge on any atom is 0.308 e. The molecule has 7 nitrogen and oxygen atoms in total. The summed E-state index contributed by atoms with van der Waals surface area (Å²) in [5.74, 6) is 0.454. The molecule has 1 aromatic heterocycles. The van der Waals surface area contributed by atoms with Crippen LogP contribution in [0.4, 0.5) is 0 Å². The Kier molecular flexibility index (Phi) is 5.85. The molecule has 3 aromatic rings. The summed E-state index contributed by atoms with van der Waals surface area (Å²) in [6, 6.07) is 11.8. The predicted octanol–water partition coefficient (Wildman–Crippen LogP) is 3.83. The number of furan rings is 1. The van der Waals surface area contributed by atoms with Gasteiger partial charge in [-0.15, -0.1) is 0 Å². The van der Waals surface area contributed by atoms with Crippen LogP contribution in [-0.2, 0) is 9.59 Å². The van der Waals surface area contributed by atoms with E-state index in [2.05, 4.69) is 0 Å². The number of benzene rings is 2. The van der Waals surface area contributed by atoms with Crippen molar-refractivity contribution in [3.05, 3.63) is 42.5 Å². The Labute approximate surface area is 149 Å². The molecule has 2 aromatic carbocycles. The fourth-order valence-corrected chi connectivity index (χ4v) is 2.26. The third kappa shape index (κ3) is 4.76. The summed E-state index contributed by atoms with van der Waals surface area (Å²) >= 11 is 0. The highest BCUT2D eigenvalue weighted by atomic mass is 16.5. The fourth-order valence-electron chi connectivity index (χ4n) is 2.26. The zero-order valence-electron chi connectivity index (χ0n) is 14.5. The van der Waals surface area contributed by atoms with Gasteiger partial charge in [-0.1, -0.05) is 0 Å². The maximum absolute atomic E-state index is 11.0. The molecule has 1 heterocycles. The van der Waals surface area contributed by atoms with Gasteiger partial charge in [0.05, 0.1) is 12.7 Å². The number of esters is 1. The molecule has 2 N–H and O–H groups in total. The van der Waals surface area contributed by atoms with E-state index in [1.54, 1.807) is 36.4 Å². The van der Waals surface area contributed by atoms with Crippen LogP contribution in [0.25, 0.3) is 22.3 Å². The smallest absolute Gasteiger partial charge is 0.308 e. The minimum atomic E-state index is -0.833. The molecule has 7 heteroatoms. The lowest BCUT2D eigenvalue weighted by Gasteiger charge is -2.08. The summed E-state index contributed by atoms with van der Waals surface area (Å²) < 4.78 is 16.1. The molecule has 136 valence electrons. The molecular weight excluding hydrogens is 340 g/mol. The monoisotopic (exact) mass is 358 g/mol. The van der Waals surface area contributed by atoms with Crippen molar-refractivity contribution >= 4 is 22.9 Å². The van der Waals surface area contributed by atoms with Crippen molar-refractivity contribution in [3.8, 4) is 28.6 Å². The standard InChI is InChI=1S/C17H14O5.C2H4O2/c1-10(18)21-13-5-6-14(16(9-13)20-2)17-7-11-3-4-12(19)8-15(11)22-17;1-2(3)4/h3-9,19H,1-2H3;1H3,(H,3,4). The first-order chi connectivity index (χ1) is 12.3. The number of carboxylic acids is 1. The molecule has 0 bridgehead atoms. The number of ether oxygens (including phenoxy) is 2. The summed E-state index contributed by atoms with van der Waals surface area (Å²) in [7, 11) is 1.53. The minimum absolute atomic E-state index is 0.144. The van der Waals surface area contributed by atoms with Gasteiger partial charge < -0.3 is 24.1 Å². The molecule has 0 spiro atoms. The van der Waals surface area contributed by atoms with Crippen LogP contribution < -0.4 is 9.47 Å². The molecule has 3 rings (SSSR count). The number of methoxy groups -OCH3 is 1. The van der Waals surface area contributed by atoms with Gasteiger partial charge in [0.15, 0.2) is 0 Å². The first-order valence-corrected chi connectivity index (χ1v) is 7.59. The Balaban J connectivity index is 0.000000552.